The van der Waals surface area contributed by atoms with E-state index in [2.05, 4.69) is 5.32 Å². The highest BCUT2D eigenvalue weighted by Gasteiger charge is 2.37. The molecule has 1 aliphatic heterocycles. The first-order chi connectivity index (χ1) is 16.9. The summed E-state index contributed by atoms with van der Waals surface area (Å²) in [6.45, 7) is 1.97. The third kappa shape index (κ3) is 4.88. The van der Waals surface area contributed by atoms with Crippen LogP contribution in [0.3, 0.4) is 0 Å². The second-order valence-corrected chi connectivity index (χ2v) is 8.02. The molecule has 0 aliphatic carbocycles. The molecule has 0 radical (unpaired) electrons. The second-order valence-electron chi connectivity index (χ2n) is 8.02. The molecule has 0 spiro atoms. The fourth-order valence-corrected chi connectivity index (χ4v) is 4.01. The quantitative estimate of drug-likeness (QED) is 0.313. The van der Waals surface area contributed by atoms with Crippen molar-refractivity contribution in [1.29, 1.82) is 0 Å². The smallest absolute Gasteiger partial charge is 0.343 e. The second kappa shape index (κ2) is 10.4. The lowest BCUT2D eigenvalue weighted by Gasteiger charge is -2.34. The average molecular weight is 475 g/mol. The number of fused-ring (bicyclic) bond motifs is 1. The van der Waals surface area contributed by atoms with Gasteiger partial charge in [-0.1, -0.05) is 48.5 Å². The average Bonchev–Trinajstić information content (AvgIpc) is 2.87. The molecule has 1 N–H and O–H groups in total. The molecule has 3 aromatic carbocycles. The summed E-state index contributed by atoms with van der Waals surface area (Å²) in [4.78, 5) is 40.3. The molecule has 2 amide bonds. The van der Waals surface area contributed by atoms with Crippen LogP contribution in [0.15, 0.2) is 78.0 Å². The third-order valence-corrected chi connectivity index (χ3v) is 5.93. The number of rotatable bonds is 7. The lowest BCUT2D eigenvalue weighted by molar-refractivity contribution is -0.140. The van der Waals surface area contributed by atoms with Gasteiger partial charge in [0.05, 0.1) is 23.8 Å². The molecule has 0 bridgehead atoms. The van der Waals surface area contributed by atoms with E-state index < -0.39 is 24.0 Å². The maximum absolute atomic E-state index is 13.2. The number of nitrogens with one attached hydrogen (secondary N) is 1. The Hall–Kier alpha value is -4.17. The van der Waals surface area contributed by atoms with Gasteiger partial charge in [0.2, 0.25) is 0 Å². The molecule has 8 nitrogen and oxygen atoms in total. The molecule has 0 aromatic heterocycles. The molecule has 1 atom stereocenters. The van der Waals surface area contributed by atoms with Gasteiger partial charge < -0.3 is 24.4 Å². The number of amides is 2. The number of methoxy groups -OCH3 is 1. The number of urea groups is 1. The Balaban J connectivity index is 1.85. The van der Waals surface area contributed by atoms with Crippen molar-refractivity contribution in [3.05, 3.63) is 89.1 Å². The van der Waals surface area contributed by atoms with Crippen molar-refractivity contribution in [3.63, 3.8) is 0 Å². The van der Waals surface area contributed by atoms with Crippen molar-refractivity contribution < 1.29 is 28.6 Å². The fraction of sp³-hybridized carbons (Fsp3) is 0.222. The minimum Gasteiger partial charge on any atom is -0.460 e. The Morgan fingerprint density at radius 3 is 2.40 bits per heavy atom. The number of benzene rings is 3. The minimum atomic E-state index is -0.904. The van der Waals surface area contributed by atoms with Crippen LogP contribution in [0.5, 0.6) is 5.75 Å². The summed E-state index contributed by atoms with van der Waals surface area (Å²) in [7, 11) is 3.09. The van der Waals surface area contributed by atoms with Crippen molar-refractivity contribution >= 4 is 28.7 Å². The van der Waals surface area contributed by atoms with E-state index >= 15 is 0 Å². The zero-order valence-electron chi connectivity index (χ0n) is 19.7. The monoisotopic (exact) mass is 474 g/mol. The number of ether oxygens (including phenoxy) is 3. The zero-order chi connectivity index (χ0) is 24.9. The third-order valence-electron chi connectivity index (χ3n) is 5.93. The number of esters is 2. The number of carbonyl (C=O) groups excluding carboxylic acids is 3. The zero-order valence-corrected chi connectivity index (χ0v) is 19.7. The summed E-state index contributed by atoms with van der Waals surface area (Å²) in [5, 5.41) is 4.48. The Labute approximate surface area is 203 Å². The van der Waals surface area contributed by atoms with Crippen LogP contribution in [-0.2, 0) is 14.3 Å². The van der Waals surface area contributed by atoms with Gasteiger partial charge in [-0.05, 0) is 35.9 Å². The van der Waals surface area contributed by atoms with Gasteiger partial charge in [-0.15, -0.1) is 0 Å². The van der Waals surface area contributed by atoms with Crippen LogP contribution < -0.4 is 10.1 Å². The van der Waals surface area contributed by atoms with Gasteiger partial charge in [0.25, 0.3) is 0 Å². The molecule has 4 rings (SSSR count). The summed E-state index contributed by atoms with van der Waals surface area (Å²) in [5.74, 6) is -0.904. The van der Waals surface area contributed by atoms with E-state index in [4.69, 9.17) is 14.2 Å². The fourth-order valence-electron chi connectivity index (χ4n) is 4.01. The van der Waals surface area contributed by atoms with Crippen molar-refractivity contribution in [1.82, 2.24) is 10.2 Å². The van der Waals surface area contributed by atoms with Gasteiger partial charge in [0, 0.05) is 25.4 Å². The molecule has 35 heavy (non-hydrogen) atoms. The molecule has 180 valence electrons. The van der Waals surface area contributed by atoms with E-state index in [1.807, 2.05) is 30.3 Å². The maximum atomic E-state index is 13.2. The predicted molar refractivity (Wildman–Crippen MR) is 130 cm³/mol. The number of carbonyl (C=O) groups is 3. The van der Waals surface area contributed by atoms with E-state index in [0.29, 0.717) is 16.8 Å². The Morgan fingerprint density at radius 1 is 0.943 bits per heavy atom. The highest BCUT2D eigenvalue weighted by molar-refractivity contribution is 5.99. The summed E-state index contributed by atoms with van der Waals surface area (Å²) in [6, 6.07) is 18.3. The molecular formula is C27H26N2O6. The van der Waals surface area contributed by atoms with Crippen LogP contribution in [0.1, 0.15) is 28.9 Å². The first-order valence-corrected chi connectivity index (χ1v) is 11.1. The van der Waals surface area contributed by atoms with Crippen LogP contribution in [0.25, 0.3) is 10.8 Å². The van der Waals surface area contributed by atoms with Crippen LogP contribution in [0.4, 0.5) is 4.79 Å². The number of allylic oxidation sites excluding steroid dienone is 1. The van der Waals surface area contributed by atoms with Crippen molar-refractivity contribution in [2.24, 2.45) is 0 Å². The van der Waals surface area contributed by atoms with E-state index in [1.165, 1.54) is 12.0 Å². The van der Waals surface area contributed by atoms with E-state index in [1.54, 1.807) is 50.4 Å². The molecule has 1 aliphatic rings. The Kier molecular flexibility index (Phi) is 7.12. The van der Waals surface area contributed by atoms with E-state index in [0.717, 1.165) is 10.8 Å². The maximum Gasteiger partial charge on any atom is 0.343 e. The highest BCUT2D eigenvalue weighted by atomic mass is 16.6. The lowest BCUT2D eigenvalue weighted by atomic mass is 9.90. The summed E-state index contributed by atoms with van der Waals surface area (Å²) in [5.41, 5.74) is 1.56. The predicted octanol–water partition coefficient (Wildman–Crippen LogP) is 4.22. The Morgan fingerprint density at radius 2 is 1.66 bits per heavy atom. The SMILES string of the molecule is COCCOC(=O)C1=C(C)N(C)C(=O)NC1c1c(OC(=O)c2ccccc2)ccc2ccccc12. The number of hydrogen-bond donors (Lipinski definition) is 1. The standard InChI is InChI=1S/C27H26N2O6/c1-17-22(26(31)34-16-15-33-3)24(28-27(32)29(17)2)23-20-12-8-7-9-18(20)13-14-21(23)35-25(30)19-10-5-4-6-11-19/h4-14,24H,15-16H2,1-3H3,(H,28,32). The molecule has 0 saturated heterocycles. The molecule has 8 heteroatoms. The van der Waals surface area contributed by atoms with Crippen molar-refractivity contribution in [2.45, 2.75) is 13.0 Å². The van der Waals surface area contributed by atoms with Crippen LogP contribution >= 0.6 is 0 Å². The highest BCUT2D eigenvalue weighted by Crippen LogP contribution is 2.40. The molecule has 3 aromatic rings. The summed E-state index contributed by atoms with van der Waals surface area (Å²) in [6.07, 6.45) is 0. The first kappa shape index (κ1) is 24.0. The van der Waals surface area contributed by atoms with Gasteiger partial charge in [-0.3, -0.25) is 0 Å². The largest absolute Gasteiger partial charge is 0.460 e. The summed E-state index contributed by atoms with van der Waals surface area (Å²) < 4.78 is 16.2. The summed E-state index contributed by atoms with van der Waals surface area (Å²) >= 11 is 0. The number of hydrogen-bond acceptors (Lipinski definition) is 6. The van der Waals surface area contributed by atoms with Gasteiger partial charge >= 0.3 is 18.0 Å². The molecule has 1 heterocycles. The van der Waals surface area contributed by atoms with Gasteiger partial charge in [-0.2, -0.15) is 0 Å². The van der Waals surface area contributed by atoms with Crippen molar-refractivity contribution in [2.75, 3.05) is 27.4 Å². The normalized spacial score (nSPS) is 15.7. The van der Waals surface area contributed by atoms with Crippen LogP contribution in [-0.4, -0.2) is 50.2 Å². The molecule has 0 fully saturated rings. The lowest BCUT2D eigenvalue weighted by Crippen LogP contribution is -2.46. The molecule has 0 saturated carbocycles. The van der Waals surface area contributed by atoms with Crippen LogP contribution in [0, 0.1) is 0 Å². The first-order valence-electron chi connectivity index (χ1n) is 11.1. The molecular weight excluding hydrogens is 448 g/mol. The minimum absolute atomic E-state index is 0.0574. The number of nitrogens with zero attached hydrogens (tertiary/aromatic N) is 1. The van der Waals surface area contributed by atoms with Crippen molar-refractivity contribution in [3.8, 4) is 5.75 Å². The van der Waals surface area contributed by atoms with Gasteiger partial charge in [0.15, 0.2) is 0 Å². The molecule has 1 unspecified atom stereocenters. The topological polar surface area (TPSA) is 94.2 Å². The van der Waals surface area contributed by atoms with Gasteiger partial charge in [-0.25, -0.2) is 14.4 Å². The van der Waals surface area contributed by atoms with E-state index in [-0.39, 0.29) is 24.5 Å². The Bertz CT molecular complexity index is 1300. The van der Waals surface area contributed by atoms with Crippen LogP contribution in [0.2, 0.25) is 0 Å². The van der Waals surface area contributed by atoms with Gasteiger partial charge in [0.1, 0.15) is 12.4 Å². The van der Waals surface area contributed by atoms with E-state index in [9.17, 15) is 14.4 Å².